The molecule has 1 aliphatic rings. The lowest BCUT2D eigenvalue weighted by Gasteiger charge is -2.30. The monoisotopic (exact) mass is 408 g/mol. The van der Waals surface area contributed by atoms with Crippen molar-refractivity contribution < 1.29 is 17.7 Å². The van der Waals surface area contributed by atoms with Crippen LogP contribution in [-0.2, 0) is 14.8 Å². The number of piperidine rings is 1. The molecule has 1 fully saturated rings. The summed E-state index contributed by atoms with van der Waals surface area (Å²) >= 11 is 0. The topological polar surface area (TPSA) is 105 Å². The van der Waals surface area contributed by atoms with E-state index in [9.17, 15) is 13.2 Å². The standard InChI is InChI=1S/C16H28N4O4S.ClH/c1-4-7-17-8-9-18-16(21)14-5-10-20(11-6-14)25(22,23)15-12(2)19-24-13(15)3;/h14,17H,4-11H2,1-3H3,(H,18,21);1H. The fourth-order valence-electron chi connectivity index (χ4n) is 3.05. The lowest BCUT2D eigenvalue weighted by Crippen LogP contribution is -2.44. The molecule has 26 heavy (non-hydrogen) atoms. The van der Waals surface area contributed by atoms with Crippen molar-refractivity contribution >= 4 is 28.3 Å². The summed E-state index contributed by atoms with van der Waals surface area (Å²) < 4.78 is 31.9. The van der Waals surface area contributed by atoms with E-state index >= 15 is 0 Å². The Morgan fingerprint density at radius 2 is 1.88 bits per heavy atom. The number of amides is 1. The van der Waals surface area contributed by atoms with Gasteiger partial charge in [0.25, 0.3) is 0 Å². The number of nitrogens with one attached hydrogen (secondary N) is 2. The highest BCUT2D eigenvalue weighted by Gasteiger charge is 2.35. The van der Waals surface area contributed by atoms with Crippen LogP contribution in [-0.4, -0.2) is 56.5 Å². The molecule has 8 nitrogen and oxygen atoms in total. The van der Waals surface area contributed by atoms with Gasteiger partial charge in [-0.15, -0.1) is 12.4 Å². The van der Waals surface area contributed by atoms with E-state index in [0.717, 1.165) is 19.5 Å². The molecule has 0 aromatic carbocycles. The van der Waals surface area contributed by atoms with Crippen LogP contribution >= 0.6 is 12.4 Å². The molecule has 2 N–H and O–H groups in total. The first-order valence-electron chi connectivity index (χ1n) is 8.79. The van der Waals surface area contributed by atoms with Crippen molar-refractivity contribution in [3.8, 4) is 0 Å². The zero-order chi connectivity index (χ0) is 18.4. The third kappa shape index (κ3) is 5.42. The van der Waals surface area contributed by atoms with E-state index in [4.69, 9.17) is 4.52 Å². The third-order valence-electron chi connectivity index (χ3n) is 4.42. The minimum atomic E-state index is -3.62. The van der Waals surface area contributed by atoms with Crippen LogP contribution in [0.1, 0.15) is 37.6 Å². The van der Waals surface area contributed by atoms with Crippen molar-refractivity contribution in [1.29, 1.82) is 0 Å². The molecule has 1 amide bonds. The summed E-state index contributed by atoms with van der Waals surface area (Å²) in [7, 11) is -3.62. The molecule has 0 aliphatic carbocycles. The summed E-state index contributed by atoms with van der Waals surface area (Å²) in [6.45, 7) is 8.26. The van der Waals surface area contributed by atoms with Gasteiger partial charge >= 0.3 is 0 Å². The molecule has 1 aromatic heterocycles. The average molecular weight is 409 g/mol. The smallest absolute Gasteiger partial charge is 0.248 e. The van der Waals surface area contributed by atoms with Crippen molar-refractivity contribution in [1.82, 2.24) is 20.1 Å². The normalized spacial score (nSPS) is 16.3. The van der Waals surface area contributed by atoms with E-state index in [2.05, 4.69) is 22.7 Å². The van der Waals surface area contributed by atoms with Gasteiger partial charge in [-0.2, -0.15) is 4.31 Å². The molecule has 2 rings (SSSR count). The fraction of sp³-hybridized carbons (Fsp3) is 0.750. The molecule has 0 radical (unpaired) electrons. The summed E-state index contributed by atoms with van der Waals surface area (Å²) in [6.07, 6.45) is 2.11. The van der Waals surface area contributed by atoms with Crippen LogP contribution in [0.15, 0.2) is 9.42 Å². The number of halogens is 1. The molecule has 2 heterocycles. The predicted molar refractivity (Wildman–Crippen MR) is 101 cm³/mol. The van der Waals surface area contributed by atoms with Crippen molar-refractivity contribution in [3.63, 3.8) is 0 Å². The average Bonchev–Trinajstić information content (AvgIpc) is 2.94. The summed E-state index contributed by atoms with van der Waals surface area (Å²) in [5.41, 5.74) is 0.372. The Balaban J connectivity index is 0.00000338. The van der Waals surface area contributed by atoms with Crippen molar-refractivity contribution in [2.45, 2.75) is 44.9 Å². The molecule has 1 aromatic rings. The zero-order valence-corrected chi connectivity index (χ0v) is 17.2. The van der Waals surface area contributed by atoms with Crippen LogP contribution in [0, 0.1) is 19.8 Å². The number of carbonyl (C=O) groups is 1. The number of aromatic nitrogens is 1. The first-order chi connectivity index (χ1) is 11.9. The van der Waals surface area contributed by atoms with Gasteiger partial charge in [0.15, 0.2) is 5.76 Å². The number of aryl methyl sites for hydroxylation is 2. The van der Waals surface area contributed by atoms with Gasteiger partial charge < -0.3 is 15.2 Å². The molecule has 0 spiro atoms. The van der Waals surface area contributed by atoms with Crippen molar-refractivity contribution in [3.05, 3.63) is 11.5 Å². The number of hydrogen-bond donors (Lipinski definition) is 2. The van der Waals surface area contributed by atoms with Gasteiger partial charge in [-0.05, 0) is 39.7 Å². The van der Waals surface area contributed by atoms with Crippen molar-refractivity contribution in [2.24, 2.45) is 5.92 Å². The van der Waals surface area contributed by atoms with Crippen LogP contribution in [0.2, 0.25) is 0 Å². The summed E-state index contributed by atoms with van der Waals surface area (Å²) in [5.74, 6) is 0.173. The van der Waals surface area contributed by atoms with Crippen LogP contribution in [0.5, 0.6) is 0 Å². The Labute approximate surface area is 161 Å². The number of nitrogens with zero attached hydrogens (tertiary/aromatic N) is 2. The maximum Gasteiger partial charge on any atom is 0.248 e. The van der Waals surface area contributed by atoms with E-state index in [1.165, 1.54) is 4.31 Å². The molecule has 0 unspecified atom stereocenters. The second kappa shape index (κ2) is 10.2. The van der Waals surface area contributed by atoms with Gasteiger partial charge in [0.1, 0.15) is 10.6 Å². The summed E-state index contributed by atoms with van der Waals surface area (Å²) in [5, 5.41) is 9.87. The largest absolute Gasteiger partial charge is 0.360 e. The van der Waals surface area contributed by atoms with Crippen LogP contribution in [0.3, 0.4) is 0 Å². The first kappa shape index (κ1) is 22.9. The Hall–Kier alpha value is -1.16. The van der Waals surface area contributed by atoms with Gasteiger partial charge in [0, 0.05) is 32.1 Å². The molecule has 10 heteroatoms. The number of hydrogen-bond acceptors (Lipinski definition) is 6. The summed E-state index contributed by atoms with van der Waals surface area (Å²) in [6, 6.07) is 0. The van der Waals surface area contributed by atoms with Gasteiger partial charge in [-0.3, -0.25) is 4.79 Å². The molecule has 150 valence electrons. The highest BCUT2D eigenvalue weighted by Crippen LogP contribution is 2.27. The van der Waals surface area contributed by atoms with E-state index < -0.39 is 10.0 Å². The Kier molecular flexibility index (Phi) is 9.02. The van der Waals surface area contributed by atoms with Gasteiger partial charge in [0.05, 0.1) is 0 Å². The van der Waals surface area contributed by atoms with Gasteiger partial charge in [-0.1, -0.05) is 12.1 Å². The predicted octanol–water partition coefficient (Wildman–Crippen LogP) is 1.23. The maximum absolute atomic E-state index is 12.8. The second-order valence-corrected chi connectivity index (χ2v) is 8.25. The molecular formula is C16H29ClN4O4S. The van der Waals surface area contributed by atoms with E-state index in [0.29, 0.717) is 43.9 Å². The fourth-order valence-corrected chi connectivity index (χ4v) is 4.81. The molecular weight excluding hydrogens is 380 g/mol. The van der Waals surface area contributed by atoms with Crippen molar-refractivity contribution in [2.75, 3.05) is 32.7 Å². The second-order valence-electron chi connectivity index (χ2n) is 6.37. The van der Waals surface area contributed by atoms with E-state index in [1.54, 1.807) is 13.8 Å². The maximum atomic E-state index is 12.8. The molecule has 1 saturated heterocycles. The van der Waals surface area contributed by atoms with Crippen LogP contribution in [0.4, 0.5) is 0 Å². The Morgan fingerprint density at radius 1 is 1.23 bits per heavy atom. The van der Waals surface area contributed by atoms with Crippen LogP contribution < -0.4 is 10.6 Å². The molecule has 0 saturated carbocycles. The van der Waals surface area contributed by atoms with Gasteiger partial charge in [-0.25, -0.2) is 8.42 Å². The zero-order valence-electron chi connectivity index (χ0n) is 15.6. The third-order valence-corrected chi connectivity index (χ3v) is 6.56. The minimum absolute atomic E-state index is 0. The summed E-state index contributed by atoms with van der Waals surface area (Å²) in [4.78, 5) is 12.3. The number of sulfonamides is 1. The van der Waals surface area contributed by atoms with E-state index in [1.807, 2.05) is 0 Å². The minimum Gasteiger partial charge on any atom is -0.360 e. The Morgan fingerprint density at radius 3 is 2.42 bits per heavy atom. The lowest BCUT2D eigenvalue weighted by atomic mass is 9.97. The SMILES string of the molecule is CCCNCCNC(=O)C1CCN(S(=O)(=O)c2c(C)noc2C)CC1.Cl. The lowest BCUT2D eigenvalue weighted by molar-refractivity contribution is -0.126. The number of rotatable bonds is 8. The molecule has 1 aliphatic heterocycles. The molecule has 0 bridgehead atoms. The van der Waals surface area contributed by atoms with Gasteiger partial charge in [0.2, 0.25) is 15.9 Å². The quantitative estimate of drug-likeness (QED) is 0.627. The highest BCUT2D eigenvalue weighted by molar-refractivity contribution is 7.89. The Bertz CT molecular complexity index is 665. The van der Waals surface area contributed by atoms with Crippen LogP contribution in [0.25, 0.3) is 0 Å². The molecule has 0 atom stereocenters. The van der Waals surface area contributed by atoms with E-state index in [-0.39, 0.29) is 29.1 Å². The highest BCUT2D eigenvalue weighted by atomic mass is 35.5. The first-order valence-corrected chi connectivity index (χ1v) is 10.2. The number of carbonyl (C=O) groups excluding carboxylic acids is 1.